The molecule has 3 rings (SSSR count). The minimum Gasteiger partial charge on any atom is -0.351 e. The lowest BCUT2D eigenvalue weighted by atomic mass is 10.1. The van der Waals surface area contributed by atoms with E-state index in [4.69, 9.17) is 0 Å². The van der Waals surface area contributed by atoms with Gasteiger partial charge in [-0.2, -0.15) is 0 Å². The van der Waals surface area contributed by atoms with Crippen LogP contribution in [0.3, 0.4) is 0 Å². The Kier molecular flexibility index (Phi) is 6.35. The lowest BCUT2D eigenvalue weighted by Crippen LogP contribution is -2.46. The van der Waals surface area contributed by atoms with Crippen molar-refractivity contribution in [1.29, 1.82) is 0 Å². The zero-order valence-electron chi connectivity index (χ0n) is 14.7. The molecule has 2 aromatic rings. The van der Waals surface area contributed by atoms with E-state index in [9.17, 15) is 9.59 Å². The number of carbonyl (C=O) groups excluding carboxylic acids is 2. The van der Waals surface area contributed by atoms with E-state index in [-0.39, 0.29) is 11.8 Å². The van der Waals surface area contributed by atoms with Crippen LogP contribution in [0.1, 0.15) is 20.7 Å². The second kappa shape index (κ2) is 9.12. The first kappa shape index (κ1) is 18.1. The maximum absolute atomic E-state index is 12.2. The SMILES string of the molecule is O=C(NCCN1CCNCC1)c1ccc(NC(=O)c2ccccc2)cc1. The number of piperazine rings is 1. The zero-order chi connectivity index (χ0) is 18.2. The van der Waals surface area contributed by atoms with E-state index in [0.29, 0.717) is 23.4 Å². The fourth-order valence-corrected chi connectivity index (χ4v) is 2.86. The Bertz CT molecular complexity index is 725. The summed E-state index contributed by atoms with van der Waals surface area (Å²) in [7, 11) is 0. The van der Waals surface area contributed by atoms with Crippen molar-refractivity contribution in [3.05, 3.63) is 65.7 Å². The van der Waals surface area contributed by atoms with Gasteiger partial charge in [0.05, 0.1) is 0 Å². The summed E-state index contributed by atoms with van der Waals surface area (Å²) in [4.78, 5) is 26.7. The zero-order valence-corrected chi connectivity index (χ0v) is 14.7. The predicted octanol–water partition coefficient (Wildman–Crippen LogP) is 1.57. The van der Waals surface area contributed by atoms with Gasteiger partial charge in [-0.1, -0.05) is 18.2 Å². The number of benzene rings is 2. The number of nitrogens with one attached hydrogen (secondary N) is 3. The van der Waals surface area contributed by atoms with Crippen LogP contribution in [0.2, 0.25) is 0 Å². The Hall–Kier alpha value is -2.70. The number of amides is 2. The van der Waals surface area contributed by atoms with Gasteiger partial charge in [-0.05, 0) is 36.4 Å². The molecule has 0 aromatic heterocycles. The number of hydrogen-bond acceptors (Lipinski definition) is 4. The molecule has 1 fully saturated rings. The summed E-state index contributed by atoms with van der Waals surface area (Å²) in [6.07, 6.45) is 0. The molecule has 0 aliphatic carbocycles. The molecule has 3 N–H and O–H groups in total. The third-order valence-electron chi connectivity index (χ3n) is 4.36. The fraction of sp³-hybridized carbons (Fsp3) is 0.300. The Morgan fingerprint density at radius 3 is 2.23 bits per heavy atom. The summed E-state index contributed by atoms with van der Waals surface area (Å²) >= 11 is 0. The predicted molar refractivity (Wildman–Crippen MR) is 102 cm³/mol. The molecule has 26 heavy (non-hydrogen) atoms. The standard InChI is InChI=1S/C20H24N4O2/c25-19(22-12-15-24-13-10-21-11-14-24)17-6-8-18(9-7-17)23-20(26)16-4-2-1-3-5-16/h1-9,21H,10-15H2,(H,22,25)(H,23,26). The molecule has 0 bridgehead atoms. The Morgan fingerprint density at radius 2 is 1.54 bits per heavy atom. The van der Waals surface area contributed by atoms with Crippen molar-refractivity contribution in [2.75, 3.05) is 44.6 Å². The number of rotatable bonds is 6. The summed E-state index contributed by atoms with van der Waals surface area (Å²) < 4.78 is 0. The highest BCUT2D eigenvalue weighted by atomic mass is 16.2. The van der Waals surface area contributed by atoms with E-state index in [1.165, 1.54) is 0 Å². The molecule has 136 valence electrons. The van der Waals surface area contributed by atoms with Gasteiger partial charge in [0.25, 0.3) is 11.8 Å². The summed E-state index contributed by atoms with van der Waals surface area (Å²) in [6, 6.07) is 16.0. The molecule has 6 nitrogen and oxygen atoms in total. The first-order valence-electron chi connectivity index (χ1n) is 8.90. The largest absolute Gasteiger partial charge is 0.351 e. The number of nitrogens with zero attached hydrogens (tertiary/aromatic N) is 1. The first-order chi connectivity index (χ1) is 12.7. The second-order valence-electron chi connectivity index (χ2n) is 6.25. The van der Waals surface area contributed by atoms with Crippen molar-refractivity contribution in [3.8, 4) is 0 Å². The van der Waals surface area contributed by atoms with E-state index in [1.807, 2.05) is 18.2 Å². The summed E-state index contributed by atoms with van der Waals surface area (Å²) in [5.41, 5.74) is 1.85. The minimum atomic E-state index is -0.168. The Balaban J connectivity index is 1.47. The van der Waals surface area contributed by atoms with Gasteiger partial charge >= 0.3 is 0 Å². The van der Waals surface area contributed by atoms with Crippen molar-refractivity contribution in [2.45, 2.75) is 0 Å². The smallest absolute Gasteiger partial charge is 0.255 e. The quantitative estimate of drug-likeness (QED) is 0.738. The average molecular weight is 352 g/mol. The second-order valence-corrected chi connectivity index (χ2v) is 6.25. The summed E-state index contributed by atoms with van der Waals surface area (Å²) in [6.45, 7) is 5.54. The molecule has 0 saturated carbocycles. The lowest BCUT2D eigenvalue weighted by molar-refractivity contribution is 0.0946. The van der Waals surface area contributed by atoms with E-state index in [1.54, 1.807) is 36.4 Å². The minimum absolute atomic E-state index is 0.0962. The maximum atomic E-state index is 12.2. The molecule has 1 saturated heterocycles. The van der Waals surface area contributed by atoms with Crippen molar-refractivity contribution in [2.24, 2.45) is 0 Å². The van der Waals surface area contributed by atoms with Crippen LogP contribution in [0, 0.1) is 0 Å². The van der Waals surface area contributed by atoms with E-state index < -0.39 is 0 Å². The molecule has 6 heteroatoms. The monoisotopic (exact) mass is 352 g/mol. The molecule has 1 heterocycles. The molecule has 1 aliphatic heterocycles. The highest BCUT2D eigenvalue weighted by molar-refractivity contribution is 6.04. The molecule has 2 aromatic carbocycles. The number of hydrogen-bond donors (Lipinski definition) is 3. The lowest BCUT2D eigenvalue weighted by Gasteiger charge is -2.27. The molecule has 0 radical (unpaired) electrons. The molecule has 2 amide bonds. The van der Waals surface area contributed by atoms with E-state index in [2.05, 4.69) is 20.9 Å². The van der Waals surface area contributed by atoms with Crippen LogP contribution in [-0.4, -0.2) is 56.0 Å². The number of carbonyl (C=O) groups is 2. The number of anilines is 1. The molecule has 0 unspecified atom stereocenters. The molecule has 0 atom stereocenters. The molecule has 1 aliphatic rings. The van der Waals surface area contributed by atoms with Gasteiger partial charge in [-0.15, -0.1) is 0 Å². The van der Waals surface area contributed by atoms with Gasteiger partial charge in [0, 0.05) is 56.1 Å². The van der Waals surface area contributed by atoms with Gasteiger partial charge in [-0.3, -0.25) is 14.5 Å². The van der Waals surface area contributed by atoms with Gasteiger partial charge in [0.2, 0.25) is 0 Å². The van der Waals surface area contributed by atoms with Crippen molar-refractivity contribution < 1.29 is 9.59 Å². The maximum Gasteiger partial charge on any atom is 0.255 e. The Morgan fingerprint density at radius 1 is 0.885 bits per heavy atom. The van der Waals surface area contributed by atoms with Crippen LogP contribution in [0.4, 0.5) is 5.69 Å². The normalized spacial score (nSPS) is 14.6. The van der Waals surface area contributed by atoms with Crippen molar-refractivity contribution >= 4 is 17.5 Å². The van der Waals surface area contributed by atoms with Gasteiger partial charge in [0.15, 0.2) is 0 Å². The van der Waals surface area contributed by atoms with Gasteiger partial charge in [0.1, 0.15) is 0 Å². The van der Waals surface area contributed by atoms with E-state index in [0.717, 1.165) is 32.7 Å². The van der Waals surface area contributed by atoms with Crippen LogP contribution >= 0.6 is 0 Å². The molecule has 0 spiro atoms. The first-order valence-corrected chi connectivity index (χ1v) is 8.90. The van der Waals surface area contributed by atoms with Gasteiger partial charge < -0.3 is 16.0 Å². The molecular weight excluding hydrogens is 328 g/mol. The van der Waals surface area contributed by atoms with Crippen molar-refractivity contribution in [1.82, 2.24) is 15.5 Å². The summed E-state index contributed by atoms with van der Waals surface area (Å²) in [5.74, 6) is -0.264. The highest BCUT2D eigenvalue weighted by Gasteiger charge is 2.11. The van der Waals surface area contributed by atoms with Crippen LogP contribution in [0.25, 0.3) is 0 Å². The third kappa shape index (κ3) is 5.15. The Labute approximate surface area is 153 Å². The fourth-order valence-electron chi connectivity index (χ4n) is 2.86. The van der Waals surface area contributed by atoms with E-state index >= 15 is 0 Å². The van der Waals surface area contributed by atoms with Crippen LogP contribution in [0.15, 0.2) is 54.6 Å². The third-order valence-corrected chi connectivity index (χ3v) is 4.36. The van der Waals surface area contributed by atoms with Crippen LogP contribution in [-0.2, 0) is 0 Å². The van der Waals surface area contributed by atoms with Crippen LogP contribution in [0.5, 0.6) is 0 Å². The average Bonchev–Trinajstić information content (AvgIpc) is 2.70. The van der Waals surface area contributed by atoms with Gasteiger partial charge in [-0.25, -0.2) is 0 Å². The molecular formula is C20H24N4O2. The highest BCUT2D eigenvalue weighted by Crippen LogP contribution is 2.11. The van der Waals surface area contributed by atoms with Crippen LogP contribution < -0.4 is 16.0 Å². The topological polar surface area (TPSA) is 73.5 Å². The summed E-state index contributed by atoms with van der Waals surface area (Å²) in [5, 5.41) is 9.08. The van der Waals surface area contributed by atoms with Crippen molar-refractivity contribution in [3.63, 3.8) is 0 Å².